The zero-order chi connectivity index (χ0) is 17.9. The molecular formula is C21H24N2O2. The topological polar surface area (TPSA) is 49.4 Å². The van der Waals surface area contributed by atoms with Crippen molar-refractivity contribution in [3.8, 4) is 0 Å². The molecule has 2 aromatic rings. The lowest BCUT2D eigenvalue weighted by Crippen LogP contribution is -2.48. The third kappa shape index (κ3) is 3.43. The van der Waals surface area contributed by atoms with Crippen LogP contribution in [0, 0.1) is 0 Å². The molecule has 0 aromatic heterocycles. The fourth-order valence-corrected chi connectivity index (χ4v) is 3.31. The lowest BCUT2D eigenvalue weighted by Gasteiger charge is -2.40. The zero-order valence-electron chi connectivity index (χ0n) is 14.8. The van der Waals surface area contributed by atoms with E-state index in [1.165, 1.54) is 0 Å². The van der Waals surface area contributed by atoms with Gasteiger partial charge in [-0.3, -0.25) is 9.59 Å². The van der Waals surface area contributed by atoms with Gasteiger partial charge in [-0.05, 0) is 36.1 Å². The van der Waals surface area contributed by atoms with Crippen molar-refractivity contribution in [1.82, 2.24) is 10.2 Å². The summed E-state index contributed by atoms with van der Waals surface area (Å²) in [6, 6.07) is 17.4. The van der Waals surface area contributed by atoms with Crippen LogP contribution in [0.25, 0.3) is 0 Å². The lowest BCUT2D eigenvalue weighted by atomic mass is 9.64. The van der Waals surface area contributed by atoms with Crippen LogP contribution in [-0.4, -0.2) is 30.8 Å². The first-order chi connectivity index (χ1) is 12.0. The van der Waals surface area contributed by atoms with E-state index < -0.39 is 0 Å². The normalized spacial score (nSPS) is 15.1. The van der Waals surface area contributed by atoms with Crippen molar-refractivity contribution in [2.24, 2.45) is 0 Å². The van der Waals surface area contributed by atoms with Gasteiger partial charge in [0.25, 0.3) is 5.91 Å². The molecule has 25 heavy (non-hydrogen) atoms. The molecule has 0 radical (unpaired) electrons. The second-order valence-corrected chi connectivity index (χ2v) is 6.88. The molecule has 0 bridgehead atoms. The molecule has 1 saturated carbocycles. The quantitative estimate of drug-likeness (QED) is 0.912. The molecule has 1 aliphatic rings. The van der Waals surface area contributed by atoms with Crippen molar-refractivity contribution >= 4 is 11.8 Å². The molecule has 4 nitrogen and oxygen atoms in total. The second-order valence-electron chi connectivity index (χ2n) is 6.88. The first-order valence-electron chi connectivity index (χ1n) is 8.67. The lowest BCUT2D eigenvalue weighted by molar-refractivity contribution is -0.130. The highest BCUT2D eigenvalue weighted by atomic mass is 16.2. The van der Waals surface area contributed by atoms with Gasteiger partial charge < -0.3 is 10.2 Å². The third-order valence-electron chi connectivity index (χ3n) is 5.03. The summed E-state index contributed by atoms with van der Waals surface area (Å²) in [4.78, 5) is 26.3. The maximum Gasteiger partial charge on any atom is 0.253 e. The minimum atomic E-state index is -0.373. The first kappa shape index (κ1) is 17.2. The highest BCUT2D eigenvalue weighted by Crippen LogP contribution is 2.43. The number of nitrogens with one attached hydrogen (secondary N) is 1. The summed E-state index contributed by atoms with van der Waals surface area (Å²) >= 11 is 0. The molecule has 3 rings (SSSR count). The Morgan fingerprint density at radius 2 is 1.64 bits per heavy atom. The van der Waals surface area contributed by atoms with Gasteiger partial charge in [-0.2, -0.15) is 0 Å². The van der Waals surface area contributed by atoms with Crippen LogP contribution in [0.3, 0.4) is 0 Å². The molecule has 130 valence electrons. The highest BCUT2D eigenvalue weighted by Gasteiger charge is 2.45. The van der Waals surface area contributed by atoms with Crippen molar-refractivity contribution < 1.29 is 9.59 Å². The van der Waals surface area contributed by atoms with Crippen molar-refractivity contribution in [3.63, 3.8) is 0 Å². The summed E-state index contributed by atoms with van der Waals surface area (Å²) in [5.74, 6) is 0.0754. The Balaban J connectivity index is 1.65. The van der Waals surface area contributed by atoms with Gasteiger partial charge in [-0.15, -0.1) is 0 Å². The molecule has 0 aliphatic heterocycles. The summed E-state index contributed by atoms with van der Waals surface area (Å²) < 4.78 is 0. The van der Waals surface area contributed by atoms with Gasteiger partial charge in [0, 0.05) is 26.2 Å². The predicted molar refractivity (Wildman–Crippen MR) is 98.3 cm³/mol. The average Bonchev–Trinajstić information content (AvgIpc) is 2.59. The van der Waals surface area contributed by atoms with Gasteiger partial charge in [0.15, 0.2) is 0 Å². The molecule has 0 saturated heterocycles. The van der Waals surface area contributed by atoms with Crippen LogP contribution in [0.15, 0.2) is 54.6 Å². The highest BCUT2D eigenvalue weighted by molar-refractivity contribution is 5.94. The van der Waals surface area contributed by atoms with E-state index in [0.717, 1.165) is 30.4 Å². The number of hydrogen-bond acceptors (Lipinski definition) is 2. The second kappa shape index (κ2) is 7.09. The smallest absolute Gasteiger partial charge is 0.253 e. The monoisotopic (exact) mass is 336 g/mol. The molecule has 0 atom stereocenters. The van der Waals surface area contributed by atoms with Gasteiger partial charge in [-0.25, -0.2) is 0 Å². The number of hydrogen-bond donors (Lipinski definition) is 1. The van der Waals surface area contributed by atoms with Gasteiger partial charge in [0.05, 0.1) is 5.41 Å². The van der Waals surface area contributed by atoms with E-state index in [1.807, 2.05) is 42.5 Å². The zero-order valence-corrected chi connectivity index (χ0v) is 14.8. The van der Waals surface area contributed by atoms with E-state index in [2.05, 4.69) is 5.32 Å². The number of amides is 2. The van der Waals surface area contributed by atoms with Crippen LogP contribution >= 0.6 is 0 Å². The minimum Gasteiger partial charge on any atom is -0.351 e. The van der Waals surface area contributed by atoms with Crippen molar-refractivity contribution in [2.75, 3.05) is 14.1 Å². The molecule has 1 N–H and O–H groups in total. The maximum atomic E-state index is 12.8. The Bertz CT molecular complexity index is 747. The Labute approximate surface area is 148 Å². The van der Waals surface area contributed by atoms with Crippen LogP contribution in [0.1, 0.15) is 40.7 Å². The minimum absolute atomic E-state index is 0.0203. The van der Waals surface area contributed by atoms with Gasteiger partial charge >= 0.3 is 0 Å². The van der Waals surface area contributed by atoms with E-state index in [1.54, 1.807) is 31.1 Å². The number of rotatable bonds is 5. The Morgan fingerprint density at radius 3 is 2.16 bits per heavy atom. The fourth-order valence-electron chi connectivity index (χ4n) is 3.31. The molecule has 4 heteroatoms. The van der Waals surface area contributed by atoms with Crippen molar-refractivity contribution in [3.05, 3.63) is 71.3 Å². The van der Waals surface area contributed by atoms with E-state index in [-0.39, 0.29) is 17.2 Å². The number of benzene rings is 2. The Morgan fingerprint density at radius 1 is 1.00 bits per heavy atom. The Kier molecular flexibility index (Phi) is 4.88. The van der Waals surface area contributed by atoms with Gasteiger partial charge in [-0.1, -0.05) is 48.9 Å². The number of nitrogens with zero attached hydrogens (tertiary/aromatic N) is 1. The van der Waals surface area contributed by atoms with Crippen LogP contribution in [0.4, 0.5) is 0 Å². The molecule has 1 aliphatic carbocycles. The molecule has 0 spiro atoms. The first-order valence-corrected chi connectivity index (χ1v) is 8.67. The summed E-state index contributed by atoms with van der Waals surface area (Å²) in [5.41, 5.74) is 2.37. The van der Waals surface area contributed by atoms with Crippen molar-refractivity contribution in [2.45, 2.75) is 31.2 Å². The van der Waals surface area contributed by atoms with Gasteiger partial charge in [0.2, 0.25) is 5.91 Å². The molecule has 2 amide bonds. The van der Waals surface area contributed by atoms with E-state index >= 15 is 0 Å². The van der Waals surface area contributed by atoms with E-state index in [9.17, 15) is 9.59 Å². The molecule has 1 fully saturated rings. The molecule has 0 unspecified atom stereocenters. The van der Waals surface area contributed by atoms with E-state index in [0.29, 0.717) is 12.1 Å². The largest absolute Gasteiger partial charge is 0.351 e. The summed E-state index contributed by atoms with van der Waals surface area (Å²) in [5, 5.41) is 3.08. The van der Waals surface area contributed by atoms with Gasteiger partial charge in [0.1, 0.15) is 0 Å². The third-order valence-corrected chi connectivity index (χ3v) is 5.03. The predicted octanol–water partition coefficient (Wildman–Crippen LogP) is 3.13. The number of carbonyl (C=O) groups is 2. The maximum absolute atomic E-state index is 12.8. The fraction of sp³-hybridized carbons (Fsp3) is 0.333. The van der Waals surface area contributed by atoms with Crippen LogP contribution < -0.4 is 5.32 Å². The van der Waals surface area contributed by atoms with E-state index in [4.69, 9.17) is 0 Å². The van der Waals surface area contributed by atoms with Crippen LogP contribution in [-0.2, 0) is 16.8 Å². The van der Waals surface area contributed by atoms with Crippen LogP contribution in [0.5, 0.6) is 0 Å². The standard InChI is InChI=1S/C21H24N2O2/c1-23(2)19(24)17-11-9-16(10-12-17)15-22-20(25)21(13-6-14-21)18-7-4-3-5-8-18/h3-5,7-12H,6,13-15H2,1-2H3,(H,22,25). The molecule has 0 heterocycles. The molecule has 2 aromatic carbocycles. The number of carbonyl (C=O) groups excluding carboxylic acids is 2. The molecular weight excluding hydrogens is 312 g/mol. The summed E-state index contributed by atoms with van der Waals surface area (Å²) in [7, 11) is 3.47. The SMILES string of the molecule is CN(C)C(=O)c1ccc(CNC(=O)C2(c3ccccc3)CCC2)cc1. The Hall–Kier alpha value is -2.62. The summed E-state index contributed by atoms with van der Waals surface area (Å²) in [6.07, 6.45) is 2.89. The van der Waals surface area contributed by atoms with Crippen molar-refractivity contribution in [1.29, 1.82) is 0 Å². The summed E-state index contributed by atoms with van der Waals surface area (Å²) in [6.45, 7) is 0.476. The van der Waals surface area contributed by atoms with Crippen LogP contribution in [0.2, 0.25) is 0 Å². The average molecular weight is 336 g/mol.